The minimum absolute atomic E-state index is 0.0241. The topological polar surface area (TPSA) is 62.5 Å². The third-order valence-corrected chi connectivity index (χ3v) is 3.91. The van der Waals surface area contributed by atoms with Gasteiger partial charge in [-0.1, -0.05) is 44.2 Å². The van der Waals surface area contributed by atoms with Gasteiger partial charge in [0.25, 0.3) is 0 Å². The van der Waals surface area contributed by atoms with Crippen molar-refractivity contribution >= 4 is 11.5 Å². The summed E-state index contributed by atoms with van der Waals surface area (Å²) in [6.07, 6.45) is 2.38. The predicted molar refractivity (Wildman–Crippen MR) is 91.6 cm³/mol. The summed E-state index contributed by atoms with van der Waals surface area (Å²) in [6.45, 7) is 4.37. The van der Waals surface area contributed by atoms with Gasteiger partial charge < -0.3 is 10.4 Å². The highest BCUT2D eigenvalue weighted by Gasteiger charge is 2.15. The van der Waals surface area contributed by atoms with Crippen molar-refractivity contribution in [3.8, 4) is 0 Å². The van der Waals surface area contributed by atoms with E-state index in [4.69, 9.17) is 0 Å². The van der Waals surface area contributed by atoms with E-state index < -0.39 is 0 Å². The molecule has 0 amide bonds. The number of rotatable bonds is 6. The van der Waals surface area contributed by atoms with Gasteiger partial charge in [0, 0.05) is 24.4 Å². The maximum atomic E-state index is 9.42. The summed E-state index contributed by atoms with van der Waals surface area (Å²) in [4.78, 5) is 4.63. The highest BCUT2D eigenvalue weighted by Crippen LogP contribution is 2.25. The fourth-order valence-electron chi connectivity index (χ4n) is 2.65. The SMILES string of the molecule is CC(C)c1cc(N[C@H](CCO)c2ccccc2)n2nccc2n1. The second-order valence-corrected chi connectivity index (χ2v) is 5.94. The Balaban J connectivity index is 1.99. The number of hydrogen-bond donors (Lipinski definition) is 2. The second kappa shape index (κ2) is 6.79. The van der Waals surface area contributed by atoms with Gasteiger partial charge >= 0.3 is 0 Å². The smallest absolute Gasteiger partial charge is 0.157 e. The number of aromatic nitrogens is 3. The Morgan fingerprint density at radius 3 is 2.65 bits per heavy atom. The number of aliphatic hydroxyl groups is 1. The van der Waals surface area contributed by atoms with Crippen LogP contribution >= 0.6 is 0 Å². The lowest BCUT2D eigenvalue weighted by Gasteiger charge is -2.21. The highest BCUT2D eigenvalue weighted by molar-refractivity contribution is 5.50. The highest BCUT2D eigenvalue weighted by atomic mass is 16.3. The molecule has 2 heterocycles. The van der Waals surface area contributed by atoms with E-state index in [9.17, 15) is 5.11 Å². The summed E-state index contributed by atoms with van der Waals surface area (Å²) < 4.78 is 1.80. The van der Waals surface area contributed by atoms with Gasteiger partial charge in [0.1, 0.15) is 5.82 Å². The van der Waals surface area contributed by atoms with Crippen molar-refractivity contribution in [3.05, 3.63) is 59.9 Å². The average molecular weight is 310 g/mol. The molecule has 5 heteroatoms. The number of hydrogen-bond acceptors (Lipinski definition) is 4. The Labute approximate surface area is 136 Å². The van der Waals surface area contributed by atoms with Crippen molar-refractivity contribution in [1.82, 2.24) is 14.6 Å². The molecule has 3 aromatic rings. The molecule has 0 aliphatic carbocycles. The molecular formula is C18H22N4O. The zero-order valence-corrected chi connectivity index (χ0v) is 13.5. The molecule has 120 valence electrons. The first-order valence-electron chi connectivity index (χ1n) is 7.96. The fraction of sp³-hybridized carbons (Fsp3) is 0.333. The van der Waals surface area contributed by atoms with Crippen molar-refractivity contribution in [2.45, 2.75) is 32.2 Å². The number of aliphatic hydroxyl groups excluding tert-OH is 1. The number of fused-ring (bicyclic) bond motifs is 1. The lowest BCUT2D eigenvalue weighted by Crippen LogP contribution is -2.16. The minimum atomic E-state index is 0.0241. The summed E-state index contributed by atoms with van der Waals surface area (Å²) in [5.41, 5.74) is 3.00. The van der Waals surface area contributed by atoms with Crippen LogP contribution in [0, 0.1) is 0 Å². The molecular weight excluding hydrogens is 288 g/mol. The Hall–Kier alpha value is -2.40. The third-order valence-electron chi connectivity index (χ3n) is 3.91. The van der Waals surface area contributed by atoms with Crippen molar-refractivity contribution in [2.24, 2.45) is 0 Å². The Bertz CT molecular complexity index is 767. The van der Waals surface area contributed by atoms with Gasteiger partial charge in [0.05, 0.1) is 12.2 Å². The van der Waals surface area contributed by atoms with Crippen LogP contribution in [0.15, 0.2) is 48.7 Å². The van der Waals surface area contributed by atoms with E-state index in [0.717, 1.165) is 22.7 Å². The van der Waals surface area contributed by atoms with Crippen LogP contribution in [0.25, 0.3) is 5.65 Å². The van der Waals surface area contributed by atoms with Crippen LogP contribution in [-0.2, 0) is 0 Å². The third kappa shape index (κ3) is 3.35. The zero-order chi connectivity index (χ0) is 16.2. The lowest BCUT2D eigenvalue weighted by molar-refractivity contribution is 0.280. The van der Waals surface area contributed by atoms with E-state index >= 15 is 0 Å². The van der Waals surface area contributed by atoms with Crippen LogP contribution in [0.1, 0.15) is 43.5 Å². The molecule has 0 radical (unpaired) electrons. The van der Waals surface area contributed by atoms with E-state index in [1.807, 2.05) is 30.3 Å². The molecule has 0 aliphatic rings. The minimum Gasteiger partial charge on any atom is -0.396 e. The van der Waals surface area contributed by atoms with Gasteiger partial charge in [-0.15, -0.1) is 0 Å². The van der Waals surface area contributed by atoms with Gasteiger partial charge in [0.15, 0.2) is 5.65 Å². The maximum absolute atomic E-state index is 9.42. The van der Waals surface area contributed by atoms with Crippen LogP contribution < -0.4 is 5.32 Å². The first-order chi connectivity index (χ1) is 11.2. The number of anilines is 1. The molecule has 0 bridgehead atoms. The largest absolute Gasteiger partial charge is 0.396 e. The van der Waals surface area contributed by atoms with Gasteiger partial charge in [-0.05, 0) is 17.9 Å². The van der Waals surface area contributed by atoms with Gasteiger partial charge in [-0.25, -0.2) is 4.98 Å². The Kier molecular flexibility index (Phi) is 4.57. The zero-order valence-electron chi connectivity index (χ0n) is 13.5. The normalized spacial score (nSPS) is 12.7. The van der Waals surface area contributed by atoms with E-state index in [-0.39, 0.29) is 12.6 Å². The molecule has 0 saturated heterocycles. The van der Waals surface area contributed by atoms with Gasteiger partial charge in [-0.2, -0.15) is 9.61 Å². The molecule has 2 aromatic heterocycles. The molecule has 23 heavy (non-hydrogen) atoms. The Morgan fingerprint density at radius 1 is 1.17 bits per heavy atom. The van der Waals surface area contributed by atoms with Crippen molar-refractivity contribution in [3.63, 3.8) is 0 Å². The van der Waals surface area contributed by atoms with Crippen LogP contribution in [0.2, 0.25) is 0 Å². The van der Waals surface area contributed by atoms with Crippen LogP contribution in [0.5, 0.6) is 0 Å². The first kappa shape index (κ1) is 15.5. The molecule has 0 aliphatic heterocycles. The quantitative estimate of drug-likeness (QED) is 0.732. The summed E-state index contributed by atoms with van der Waals surface area (Å²) in [5, 5.41) is 17.3. The molecule has 0 spiro atoms. The molecule has 1 aromatic carbocycles. The van der Waals surface area contributed by atoms with E-state index in [1.165, 1.54) is 0 Å². The fourth-order valence-corrected chi connectivity index (χ4v) is 2.65. The maximum Gasteiger partial charge on any atom is 0.157 e. The van der Waals surface area contributed by atoms with E-state index in [0.29, 0.717) is 12.3 Å². The Morgan fingerprint density at radius 2 is 1.96 bits per heavy atom. The number of nitrogens with zero attached hydrogens (tertiary/aromatic N) is 3. The molecule has 0 saturated carbocycles. The van der Waals surface area contributed by atoms with Gasteiger partial charge in [-0.3, -0.25) is 0 Å². The monoisotopic (exact) mass is 310 g/mol. The summed E-state index contributed by atoms with van der Waals surface area (Å²) in [6, 6.07) is 14.1. The average Bonchev–Trinajstić information content (AvgIpc) is 3.04. The molecule has 2 N–H and O–H groups in total. The summed E-state index contributed by atoms with van der Waals surface area (Å²) in [5.74, 6) is 1.23. The van der Waals surface area contributed by atoms with Gasteiger partial charge in [0.2, 0.25) is 0 Å². The predicted octanol–water partition coefficient (Wildman–Crippen LogP) is 3.39. The number of benzene rings is 1. The van der Waals surface area contributed by atoms with Crippen molar-refractivity contribution < 1.29 is 5.11 Å². The lowest BCUT2D eigenvalue weighted by atomic mass is 10.0. The summed E-state index contributed by atoms with van der Waals surface area (Å²) >= 11 is 0. The van der Waals surface area contributed by atoms with Crippen LogP contribution in [-0.4, -0.2) is 26.3 Å². The van der Waals surface area contributed by atoms with Crippen molar-refractivity contribution in [2.75, 3.05) is 11.9 Å². The molecule has 0 unspecified atom stereocenters. The first-order valence-corrected chi connectivity index (χ1v) is 7.96. The summed E-state index contributed by atoms with van der Waals surface area (Å²) in [7, 11) is 0. The van der Waals surface area contributed by atoms with Crippen molar-refractivity contribution in [1.29, 1.82) is 0 Å². The molecule has 0 fully saturated rings. The van der Waals surface area contributed by atoms with Crippen LogP contribution in [0.4, 0.5) is 5.82 Å². The van der Waals surface area contributed by atoms with E-state index in [1.54, 1.807) is 10.7 Å². The molecule has 3 rings (SSSR count). The number of nitrogens with one attached hydrogen (secondary N) is 1. The van der Waals surface area contributed by atoms with Crippen LogP contribution in [0.3, 0.4) is 0 Å². The second-order valence-electron chi connectivity index (χ2n) is 5.94. The standard InChI is InChI=1S/C18H22N4O/c1-13(2)16-12-18(22-17(21-16)8-10-19-22)20-15(9-11-23)14-6-4-3-5-7-14/h3-8,10,12-13,15,20,23H,9,11H2,1-2H3/t15-/m1/s1. The molecule has 5 nitrogen and oxygen atoms in total. The molecule has 1 atom stereocenters. The van der Waals surface area contributed by atoms with E-state index in [2.05, 4.69) is 41.4 Å².